The molecule has 0 bridgehead atoms. The maximum atomic E-state index is 10.7. The Kier molecular flexibility index (Phi) is 4.33. The summed E-state index contributed by atoms with van der Waals surface area (Å²) < 4.78 is 1.58. The highest BCUT2D eigenvalue weighted by molar-refractivity contribution is 8.01. The molecule has 2 aromatic rings. The van der Waals surface area contributed by atoms with E-state index in [1.165, 1.54) is 35.2 Å². The largest absolute Gasteiger partial charge is 0.481 e. The molecule has 0 radical (unpaired) electrons. The predicted molar refractivity (Wildman–Crippen MR) is 73.9 cm³/mol. The zero-order chi connectivity index (χ0) is 13.8. The van der Waals surface area contributed by atoms with E-state index in [0.717, 1.165) is 14.6 Å². The van der Waals surface area contributed by atoms with Gasteiger partial charge < -0.3 is 5.11 Å². The molecule has 2 rings (SSSR count). The molecule has 0 saturated carbocycles. The number of nitrogens with zero attached hydrogens (tertiary/aromatic N) is 2. The summed E-state index contributed by atoms with van der Waals surface area (Å²) >= 11 is 2.86. The third-order valence-electron chi connectivity index (χ3n) is 2.32. The van der Waals surface area contributed by atoms with E-state index in [2.05, 4.69) is 4.98 Å². The van der Waals surface area contributed by atoms with Gasteiger partial charge in [0, 0.05) is 24.3 Å². The van der Waals surface area contributed by atoms with Crippen molar-refractivity contribution in [2.45, 2.75) is 17.2 Å². The molecule has 8 heteroatoms. The van der Waals surface area contributed by atoms with Crippen LogP contribution in [0.15, 0.2) is 22.5 Å². The number of thiazole rings is 1. The van der Waals surface area contributed by atoms with Crippen molar-refractivity contribution < 1.29 is 14.8 Å². The molecule has 0 atom stereocenters. The maximum Gasteiger partial charge on any atom is 0.303 e. The van der Waals surface area contributed by atoms with Crippen molar-refractivity contribution in [2.75, 3.05) is 5.75 Å². The van der Waals surface area contributed by atoms with Crippen molar-refractivity contribution in [1.29, 1.82) is 0 Å². The number of aromatic nitrogens is 1. The van der Waals surface area contributed by atoms with Gasteiger partial charge in [0.05, 0.1) is 15.1 Å². The van der Waals surface area contributed by atoms with Crippen LogP contribution in [-0.2, 0) is 4.79 Å². The van der Waals surface area contributed by atoms with Crippen LogP contribution in [0.25, 0.3) is 10.2 Å². The number of rotatable bonds is 6. The number of carboxylic acid groups (broad SMARTS) is 1. The van der Waals surface area contributed by atoms with Crippen molar-refractivity contribution >= 4 is 45.0 Å². The highest BCUT2D eigenvalue weighted by Crippen LogP contribution is 2.32. The Morgan fingerprint density at radius 3 is 3.00 bits per heavy atom. The monoisotopic (exact) mass is 298 g/mol. The molecule has 0 unspecified atom stereocenters. The lowest BCUT2D eigenvalue weighted by atomic mass is 10.3. The molecule has 19 heavy (non-hydrogen) atoms. The summed E-state index contributed by atoms with van der Waals surface area (Å²) in [5.74, 6) is -0.130. The lowest BCUT2D eigenvalue weighted by molar-refractivity contribution is -0.384. The molecule has 1 heterocycles. The Bertz CT molecular complexity index is 626. The molecular weight excluding hydrogens is 288 g/mol. The molecular formula is C11H10N2O4S2. The van der Waals surface area contributed by atoms with Crippen LogP contribution in [0.1, 0.15) is 12.8 Å². The van der Waals surface area contributed by atoms with Gasteiger partial charge in [-0.3, -0.25) is 14.9 Å². The van der Waals surface area contributed by atoms with Gasteiger partial charge in [0.25, 0.3) is 5.69 Å². The molecule has 100 valence electrons. The van der Waals surface area contributed by atoms with Crippen LogP contribution >= 0.6 is 23.1 Å². The van der Waals surface area contributed by atoms with Crippen molar-refractivity contribution in [1.82, 2.24) is 4.98 Å². The second-order valence-electron chi connectivity index (χ2n) is 3.73. The lowest BCUT2D eigenvalue weighted by Gasteiger charge is -1.94. The van der Waals surface area contributed by atoms with Crippen LogP contribution in [0.5, 0.6) is 0 Å². The third kappa shape index (κ3) is 3.65. The van der Waals surface area contributed by atoms with Gasteiger partial charge in [-0.2, -0.15) is 0 Å². The molecule has 1 N–H and O–H groups in total. The summed E-state index contributed by atoms with van der Waals surface area (Å²) in [6.07, 6.45) is 0.722. The normalized spacial score (nSPS) is 10.7. The van der Waals surface area contributed by atoms with Gasteiger partial charge in [0.1, 0.15) is 0 Å². The first-order chi connectivity index (χ1) is 9.06. The number of hydrogen-bond donors (Lipinski definition) is 1. The molecule has 0 aliphatic rings. The summed E-state index contributed by atoms with van der Waals surface area (Å²) in [5, 5.41) is 19.2. The standard InChI is InChI=1S/C11H10N2O4S2/c14-10(15)2-1-5-18-11-12-8-4-3-7(13(16)17)6-9(8)19-11/h3-4,6H,1-2,5H2,(H,14,15). The Morgan fingerprint density at radius 1 is 1.53 bits per heavy atom. The van der Waals surface area contributed by atoms with Crippen molar-refractivity contribution in [3.05, 3.63) is 28.3 Å². The number of fused-ring (bicyclic) bond motifs is 1. The zero-order valence-corrected chi connectivity index (χ0v) is 11.4. The number of thioether (sulfide) groups is 1. The van der Waals surface area contributed by atoms with Crippen molar-refractivity contribution in [3.8, 4) is 0 Å². The van der Waals surface area contributed by atoms with Crippen LogP contribution in [0, 0.1) is 10.1 Å². The number of aliphatic carboxylic acids is 1. The van der Waals surface area contributed by atoms with E-state index in [0.29, 0.717) is 12.2 Å². The summed E-state index contributed by atoms with van der Waals surface area (Å²) in [5.41, 5.74) is 0.787. The minimum absolute atomic E-state index is 0.0542. The highest BCUT2D eigenvalue weighted by atomic mass is 32.2. The number of carbonyl (C=O) groups is 1. The van der Waals surface area contributed by atoms with Gasteiger partial charge in [-0.15, -0.1) is 11.3 Å². The fourth-order valence-electron chi connectivity index (χ4n) is 1.45. The quantitative estimate of drug-likeness (QED) is 0.381. The Labute approximate surface area is 116 Å². The SMILES string of the molecule is O=C(O)CCCSc1nc2ccc([N+](=O)[O-])cc2s1. The number of benzene rings is 1. The Morgan fingerprint density at radius 2 is 2.32 bits per heavy atom. The fourth-order valence-corrected chi connectivity index (χ4v) is 3.56. The van der Waals surface area contributed by atoms with E-state index in [1.54, 1.807) is 6.07 Å². The molecule has 0 aliphatic heterocycles. The maximum absolute atomic E-state index is 10.7. The van der Waals surface area contributed by atoms with Gasteiger partial charge in [0.15, 0.2) is 4.34 Å². The van der Waals surface area contributed by atoms with Crippen molar-refractivity contribution in [3.63, 3.8) is 0 Å². The molecule has 0 aliphatic carbocycles. The zero-order valence-electron chi connectivity index (χ0n) is 9.74. The molecule has 0 amide bonds. The molecule has 0 fully saturated rings. The average molecular weight is 298 g/mol. The second kappa shape index (κ2) is 5.98. The molecule has 1 aromatic carbocycles. The van der Waals surface area contributed by atoms with E-state index in [-0.39, 0.29) is 12.1 Å². The number of nitro benzene ring substituents is 1. The second-order valence-corrected chi connectivity index (χ2v) is 6.11. The topological polar surface area (TPSA) is 93.3 Å². The third-order valence-corrected chi connectivity index (χ3v) is 4.57. The highest BCUT2D eigenvalue weighted by Gasteiger charge is 2.10. The minimum Gasteiger partial charge on any atom is -0.481 e. The van der Waals surface area contributed by atoms with E-state index in [4.69, 9.17) is 5.11 Å². The Hall–Kier alpha value is -1.67. The van der Waals surface area contributed by atoms with Crippen LogP contribution < -0.4 is 0 Å². The number of nitro groups is 1. The van der Waals surface area contributed by atoms with Crippen LogP contribution in [0.4, 0.5) is 5.69 Å². The fraction of sp³-hybridized carbons (Fsp3) is 0.273. The average Bonchev–Trinajstić information content (AvgIpc) is 2.75. The van der Waals surface area contributed by atoms with Gasteiger partial charge in [-0.05, 0) is 12.5 Å². The summed E-state index contributed by atoms with van der Waals surface area (Å²) in [6, 6.07) is 4.57. The lowest BCUT2D eigenvalue weighted by Crippen LogP contribution is -1.94. The van der Waals surface area contributed by atoms with E-state index >= 15 is 0 Å². The molecule has 0 saturated heterocycles. The van der Waals surface area contributed by atoms with E-state index < -0.39 is 10.9 Å². The minimum atomic E-state index is -0.805. The van der Waals surface area contributed by atoms with Gasteiger partial charge in [0.2, 0.25) is 0 Å². The number of non-ortho nitro benzene ring substituents is 1. The first-order valence-corrected chi connectivity index (χ1v) is 7.26. The van der Waals surface area contributed by atoms with Gasteiger partial charge in [-0.25, -0.2) is 4.98 Å². The van der Waals surface area contributed by atoms with E-state index in [1.807, 2.05) is 0 Å². The van der Waals surface area contributed by atoms with Crippen LogP contribution in [0.3, 0.4) is 0 Å². The molecule has 1 aromatic heterocycles. The van der Waals surface area contributed by atoms with Gasteiger partial charge >= 0.3 is 5.97 Å². The summed E-state index contributed by atoms with van der Waals surface area (Å²) in [6.45, 7) is 0. The summed E-state index contributed by atoms with van der Waals surface area (Å²) in [7, 11) is 0. The molecule has 6 nitrogen and oxygen atoms in total. The summed E-state index contributed by atoms with van der Waals surface area (Å²) in [4.78, 5) is 24.9. The van der Waals surface area contributed by atoms with E-state index in [9.17, 15) is 14.9 Å². The van der Waals surface area contributed by atoms with Gasteiger partial charge in [-0.1, -0.05) is 11.8 Å². The first-order valence-electron chi connectivity index (χ1n) is 5.46. The number of hydrogen-bond acceptors (Lipinski definition) is 6. The smallest absolute Gasteiger partial charge is 0.303 e. The van der Waals surface area contributed by atoms with Crippen LogP contribution in [-0.4, -0.2) is 26.7 Å². The predicted octanol–water partition coefficient (Wildman–Crippen LogP) is 3.16. The van der Waals surface area contributed by atoms with Crippen molar-refractivity contribution in [2.24, 2.45) is 0 Å². The first kappa shape index (κ1) is 13.8. The Balaban J connectivity index is 2.04. The van der Waals surface area contributed by atoms with Crippen LogP contribution in [0.2, 0.25) is 0 Å². The number of carboxylic acids is 1. The molecule has 0 spiro atoms.